The smallest absolute Gasteiger partial charge is 0.236 e. The molecule has 0 bridgehead atoms. The van der Waals surface area contributed by atoms with E-state index in [2.05, 4.69) is 51.8 Å². The normalized spacial score (nSPS) is 11.1. The summed E-state index contributed by atoms with van der Waals surface area (Å²) >= 11 is 4.26. The van der Waals surface area contributed by atoms with Crippen LogP contribution >= 0.6 is 34.4 Å². The van der Waals surface area contributed by atoms with Crippen molar-refractivity contribution >= 4 is 66.5 Å². The molecule has 2 aromatic heterocycles. The Kier molecular flexibility index (Phi) is 6.08. The molecule has 6 nitrogen and oxygen atoms in total. The number of amides is 1. The quantitative estimate of drug-likeness (QED) is 0.356. The summed E-state index contributed by atoms with van der Waals surface area (Å²) in [5, 5.41) is 15.7. The number of benzene rings is 2. The van der Waals surface area contributed by atoms with Gasteiger partial charge in [0, 0.05) is 5.69 Å². The highest BCUT2D eigenvalue weighted by atomic mass is 32.2. The van der Waals surface area contributed by atoms with Gasteiger partial charge in [-0.05, 0) is 35.7 Å². The van der Waals surface area contributed by atoms with Crippen LogP contribution in [0, 0.1) is 0 Å². The number of aromatic nitrogens is 3. The number of carbonyl (C=O) groups is 1. The molecule has 0 saturated carbocycles. The molecular formula is C20H19N5OS3. The van der Waals surface area contributed by atoms with Crippen LogP contribution in [-0.2, 0) is 4.79 Å². The van der Waals surface area contributed by atoms with Gasteiger partial charge in [0.05, 0.1) is 16.0 Å². The van der Waals surface area contributed by atoms with Crippen LogP contribution in [0.2, 0.25) is 0 Å². The first-order valence-corrected chi connectivity index (χ1v) is 11.7. The Morgan fingerprint density at radius 3 is 2.59 bits per heavy atom. The van der Waals surface area contributed by atoms with Gasteiger partial charge in [-0.3, -0.25) is 4.79 Å². The summed E-state index contributed by atoms with van der Waals surface area (Å²) in [6.07, 6.45) is 0. The van der Waals surface area contributed by atoms with Crippen molar-refractivity contribution in [1.29, 1.82) is 0 Å². The van der Waals surface area contributed by atoms with Gasteiger partial charge in [0.1, 0.15) is 0 Å². The topological polar surface area (TPSA) is 79.8 Å². The molecule has 0 aliphatic carbocycles. The third-order valence-electron chi connectivity index (χ3n) is 4.10. The third-order valence-corrected chi connectivity index (χ3v) is 7.03. The van der Waals surface area contributed by atoms with Crippen molar-refractivity contribution in [2.24, 2.45) is 0 Å². The molecule has 148 valence electrons. The van der Waals surface area contributed by atoms with Crippen LogP contribution in [-0.4, -0.2) is 26.8 Å². The number of rotatable bonds is 7. The number of fused-ring (bicyclic) bond motifs is 1. The van der Waals surface area contributed by atoms with Crippen LogP contribution in [0.25, 0.3) is 10.2 Å². The fourth-order valence-corrected chi connectivity index (χ4v) is 5.06. The van der Waals surface area contributed by atoms with Gasteiger partial charge in [-0.25, -0.2) is 4.98 Å². The van der Waals surface area contributed by atoms with E-state index >= 15 is 0 Å². The Hall–Kier alpha value is -2.49. The first-order valence-electron chi connectivity index (χ1n) is 9.05. The Bertz CT molecular complexity index is 1090. The minimum absolute atomic E-state index is 0.108. The fourth-order valence-electron chi connectivity index (χ4n) is 2.60. The van der Waals surface area contributed by atoms with Gasteiger partial charge >= 0.3 is 0 Å². The number of nitrogens with zero attached hydrogens (tertiary/aromatic N) is 3. The van der Waals surface area contributed by atoms with Crippen molar-refractivity contribution in [1.82, 2.24) is 15.2 Å². The summed E-state index contributed by atoms with van der Waals surface area (Å²) in [5.41, 5.74) is 3.15. The van der Waals surface area contributed by atoms with E-state index in [0.717, 1.165) is 20.2 Å². The molecule has 2 aromatic carbocycles. The highest BCUT2D eigenvalue weighted by molar-refractivity contribution is 8.01. The summed E-state index contributed by atoms with van der Waals surface area (Å²) in [4.78, 5) is 16.6. The zero-order valence-electron chi connectivity index (χ0n) is 15.9. The van der Waals surface area contributed by atoms with E-state index in [4.69, 9.17) is 0 Å². The monoisotopic (exact) mass is 441 g/mol. The zero-order valence-corrected chi connectivity index (χ0v) is 18.3. The van der Waals surface area contributed by atoms with Gasteiger partial charge in [0.15, 0.2) is 9.47 Å². The van der Waals surface area contributed by atoms with Gasteiger partial charge in [0.2, 0.25) is 11.0 Å². The lowest BCUT2D eigenvalue weighted by molar-refractivity contribution is -0.113. The van der Waals surface area contributed by atoms with E-state index in [0.29, 0.717) is 16.2 Å². The van der Waals surface area contributed by atoms with Crippen LogP contribution in [0.4, 0.5) is 16.0 Å². The van der Waals surface area contributed by atoms with E-state index in [1.165, 1.54) is 40.0 Å². The van der Waals surface area contributed by atoms with E-state index in [1.807, 2.05) is 36.4 Å². The lowest BCUT2D eigenvalue weighted by atomic mass is 10.0. The minimum atomic E-state index is -0.108. The largest absolute Gasteiger partial charge is 0.330 e. The number of hydrogen-bond acceptors (Lipinski definition) is 8. The van der Waals surface area contributed by atoms with E-state index in [9.17, 15) is 4.79 Å². The molecular weight excluding hydrogens is 422 g/mol. The molecule has 0 aliphatic heterocycles. The molecule has 2 N–H and O–H groups in total. The Balaban J connectivity index is 1.30. The highest BCUT2D eigenvalue weighted by Crippen LogP contribution is 2.29. The first kappa shape index (κ1) is 19.8. The molecule has 0 spiro atoms. The van der Waals surface area contributed by atoms with Crippen molar-refractivity contribution in [2.45, 2.75) is 24.1 Å². The fraction of sp³-hybridized carbons (Fsp3) is 0.200. The maximum Gasteiger partial charge on any atom is 0.236 e. The van der Waals surface area contributed by atoms with Crippen molar-refractivity contribution in [3.8, 4) is 0 Å². The lowest BCUT2D eigenvalue weighted by Gasteiger charge is -2.06. The highest BCUT2D eigenvalue weighted by Gasteiger charge is 2.11. The molecule has 0 aliphatic rings. The predicted octanol–water partition coefficient (Wildman–Crippen LogP) is 5.75. The average molecular weight is 442 g/mol. The molecule has 0 unspecified atom stereocenters. The SMILES string of the molecule is CC(C)c1ccc(Nc2nnc(SCC(=O)Nc3nc4ccccc4s3)s2)cc1. The van der Waals surface area contributed by atoms with Crippen LogP contribution < -0.4 is 10.6 Å². The van der Waals surface area contributed by atoms with E-state index in [1.54, 1.807) is 0 Å². The number of thioether (sulfide) groups is 1. The minimum Gasteiger partial charge on any atom is -0.330 e. The molecule has 0 saturated heterocycles. The maximum absolute atomic E-state index is 12.2. The molecule has 2 heterocycles. The van der Waals surface area contributed by atoms with Crippen LogP contribution in [0.3, 0.4) is 0 Å². The molecule has 0 atom stereocenters. The number of nitrogens with one attached hydrogen (secondary N) is 2. The van der Waals surface area contributed by atoms with Crippen LogP contribution in [0.15, 0.2) is 52.9 Å². The number of hydrogen-bond donors (Lipinski definition) is 2. The summed E-state index contributed by atoms with van der Waals surface area (Å²) in [6, 6.07) is 16.1. The summed E-state index contributed by atoms with van der Waals surface area (Å²) in [5.74, 6) is 0.652. The van der Waals surface area contributed by atoms with Crippen molar-refractivity contribution in [3.05, 3.63) is 54.1 Å². The molecule has 1 amide bonds. The molecule has 4 aromatic rings. The second-order valence-electron chi connectivity index (χ2n) is 6.60. The summed E-state index contributed by atoms with van der Waals surface area (Å²) in [7, 11) is 0. The van der Waals surface area contributed by atoms with Crippen LogP contribution in [0.5, 0.6) is 0 Å². The van der Waals surface area contributed by atoms with Crippen molar-refractivity contribution in [2.75, 3.05) is 16.4 Å². The standard InChI is InChI=1S/C20H19N5OS3/c1-12(2)13-7-9-14(10-8-13)21-19-24-25-20(29-19)27-11-17(26)23-18-22-15-5-3-4-6-16(15)28-18/h3-10,12H,11H2,1-2H3,(H,21,24)(H,22,23,26). The molecule has 29 heavy (non-hydrogen) atoms. The average Bonchev–Trinajstić information content (AvgIpc) is 3.32. The van der Waals surface area contributed by atoms with Gasteiger partial charge in [-0.2, -0.15) is 0 Å². The molecule has 0 radical (unpaired) electrons. The van der Waals surface area contributed by atoms with Gasteiger partial charge in [0.25, 0.3) is 0 Å². The van der Waals surface area contributed by atoms with Crippen LogP contribution in [0.1, 0.15) is 25.3 Å². The summed E-state index contributed by atoms with van der Waals surface area (Å²) in [6.45, 7) is 4.34. The Morgan fingerprint density at radius 1 is 1.03 bits per heavy atom. The second kappa shape index (κ2) is 8.89. The Morgan fingerprint density at radius 2 is 1.83 bits per heavy atom. The van der Waals surface area contributed by atoms with Gasteiger partial charge in [-0.1, -0.05) is 72.5 Å². The van der Waals surface area contributed by atoms with Crippen molar-refractivity contribution < 1.29 is 4.79 Å². The summed E-state index contributed by atoms with van der Waals surface area (Å²) < 4.78 is 1.79. The lowest BCUT2D eigenvalue weighted by Crippen LogP contribution is -2.13. The Labute approximate surface area is 180 Å². The second-order valence-corrected chi connectivity index (χ2v) is 9.83. The zero-order chi connectivity index (χ0) is 20.2. The molecule has 9 heteroatoms. The number of thiazole rings is 1. The van der Waals surface area contributed by atoms with Gasteiger partial charge in [-0.15, -0.1) is 10.2 Å². The number of carbonyl (C=O) groups excluding carboxylic acids is 1. The molecule has 4 rings (SSSR count). The number of para-hydroxylation sites is 1. The first-order chi connectivity index (χ1) is 14.1. The molecule has 0 fully saturated rings. The number of anilines is 3. The van der Waals surface area contributed by atoms with Gasteiger partial charge < -0.3 is 10.6 Å². The maximum atomic E-state index is 12.2. The van der Waals surface area contributed by atoms with E-state index in [-0.39, 0.29) is 11.7 Å². The predicted molar refractivity (Wildman–Crippen MR) is 123 cm³/mol. The van der Waals surface area contributed by atoms with Crippen molar-refractivity contribution in [3.63, 3.8) is 0 Å². The third kappa shape index (κ3) is 5.11. The van der Waals surface area contributed by atoms with E-state index < -0.39 is 0 Å².